The number of benzene rings is 1. The summed E-state index contributed by atoms with van der Waals surface area (Å²) in [6, 6.07) is 7.54. The predicted octanol–water partition coefficient (Wildman–Crippen LogP) is 1.83. The van der Waals surface area contributed by atoms with Crippen molar-refractivity contribution in [3.63, 3.8) is 0 Å². The summed E-state index contributed by atoms with van der Waals surface area (Å²) in [5, 5.41) is 2.80. The van der Waals surface area contributed by atoms with Crippen LogP contribution in [-0.2, 0) is 14.3 Å². The first-order chi connectivity index (χ1) is 9.52. The Morgan fingerprint density at radius 1 is 1.30 bits per heavy atom. The average molecular weight is 278 g/mol. The predicted molar refractivity (Wildman–Crippen MR) is 78.1 cm³/mol. The Hall–Kier alpha value is -2.04. The van der Waals surface area contributed by atoms with Crippen molar-refractivity contribution in [2.45, 2.75) is 32.1 Å². The van der Waals surface area contributed by atoms with Crippen molar-refractivity contribution in [1.82, 2.24) is 5.32 Å². The minimum absolute atomic E-state index is 0.0146. The van der Waals surface area contributed by atoms with E-state index in [9.17, 15) is 9.59 Å². The number of rotatable bonds is 7. The van der Waals surface area contributed by atoms with E-state index in [0.717, 1.165) is 5.56 Å². The number of carbonyl (C=O) groups excluding carboxylic acids is 2. The molecule has 20 heavy (non-hydrogen) atoms. The van der Waals surface area contributed by atoms with Crippen LogP contribution < -0.4 is 11.1 Å². The number of hydrogen-bond donors (Lipinski definition) is 2. The maximum atomic E-state index is 11.8. The number of carbonyl (C=O) groups is 2. The highest BCUT2D eigenvalue weighted by Gasteiger charge is 2.11. The van der Waals surface area contributed by atoms with Crippen molar-refractivity contribution in [1.29, 1.82) is 0 Å². The highest BCUT2D eigenvalue weighted by atomic mass is 16.5. The van der Waals surface area contributed by atoms with E-state index in [-0.39, 0.29) is 17.8 Å². The molecule has 1 atom stereocenters. The van der Waals surface area contributed by atoms with Gasteiger partial charge >= 0.3 is 5.97 Å². The van der Waals surface area contributed by atoms with Gasteiger partial charge in [0.25, 0.3) is 0 Å². The van der Waals surface area contributed by atoms with E-state index < -0.39 is 0 Å². The maximum absolute atomic E-state index is 11.8. The van der Waals surface area contributed by atoms with Crippen LogP contribution in [0.4, 0.5) is 5.69 Å². The molecule has 1 unspecified atom stereocenters. The molecule has 110 valence electrons. The van der Waals surface area contributed by atoms with Crippen molar-refractivity contribution in [2.75, 3.05) is 19.4 Å². The summed E-state index contributed by atoms with van der Waals surface area (Å²) in [4.78, 5) is 22.7. The van der Waals surface area contributed by atoms with Gasteiger partial charge in [0.05, 0.1) is 7.11 Å². The molecule has 0 aromatic heterocycles. The van der Waals surface area contributed by atoms with Crippen LogP contribution in [0.3, 0.4) is 0 Å². The van der Waals surface area contributed by atoms with Crippen molar-refractivity contribution in [3.8, 4) is 0 Å². The molecule has 0 saturated carbocycles. The van der Waals surface area contributed by atoms with E-state index in [4.69, 9.17) is 5.73 Å². The van der Waals surface area contributed by atoms with Crippen LogP contribution in [0.15, 0.2) is 24.3 Å². The molecule has 0 aliphatic heterocycles. The van der Waals surface area contributed by atoms with Gasteiger partial charge in [-0.05, 0) is 30.0 Å². The lowest BCUT2D eigenvalue weighted by Gasteiger charge is -2.12. The number of esters is 1. The molecule has 0 radical (unpaired) electrons. The summed E-state index contributed by atoms with van der Waals surface area (Å²) in [5.74, 6) is -0.134. The van der Waals surface area contributed by atoms with E-state index in [0.29, 0.717) is 31.5 Å². The first-order valence-corrected chi connectivity index (χ1v) is 6.72. The molecule has 1 aromatic carbocycles. The van der Waals surface area contributed by atoms with E-state index >= 15 is 0 Å². The zero-order valence-electron chi connectivity index (χ0n) is 12.0. The molecule has 0 aliphatic carbocycles. The SMILES string of the molecule is COC(=O)CCCNC(=O)CC(C)c1ccc(N)cc1. The van der Waals surface area contributed by atoms with Crippen LogP contribution in [0.2, 0.25) is 0 Å². The van der Waals surface area contributed by atoms with E-state index in [1.54, 1.807) is 0 Å². The highest BCUT2D eigenvalue weighted by Crippen LogP contribution is 2.19. The summed E-state index contributed by atoms with van der Waals surface area (Å²) < 4.78 is 4.53. The zero-order valence-corrected chi connectivity index (χ0v) is 12.0. The largest absolute Gasteiger partial charge is 0.469 e. The van der Waals surface area contributed by atoms with Gasteiger partial charge in [-0.25, -0.2) is 0 Å². The second kappa shape index (κ2) is 8.19. The van der Waals surface area contributed by atoms with Gasteiger partial charge in [-0.2, -0.15) is 0 Å². The monoisotopic (exact) mass is 278 g/mol. The molecule has 1 aromatic rings. The lowest BCUT2D eigenvalue weighted by Crippen LogP contribution is -2.26. The second-order valence-corrected chi connectivity index (χ2v) is 4.80. The fraction of sp³-hybridized carbons (Fsp3) is 0.467. The van der Waals surface area contributed by atoms with Crippen LogP contribution in [0, 0.1) is 0 Å². The first kappa shape index (κ1) is 16.0. The Morgan fingerprint density at radius 2 is 1.95 bits per heavy atom. The summed E-state index contributed by atoms with van der Waals surface area (Å²) >= 11 is 0. The summed E-state index contributed by atoms with van der Waals surface area (Å²) in [6.07, 6.45) is 1.33. The van der Waals surface area contributed by atoms with Gasteiger partial charge in [0.1, 0.15) is 0 Å². The van der Waals surface area contributed by atoms with Crippen LogP contribution in [0.1, 0.15) is 37.7 Å². The van der Waals surface area contributed by atoms with E-state index in [2.05, 4.69) is 10.1 Å². The molecule has 0 fully saturated rings. The molecule has 5 heteroatoms. The number of hydrogen-bond acceptors (Lipinski definition) is 4. The summed E-state index contributed by atoms with van der Waals surface area (Å²) in [5.41, 5.74) is 7.43. The van der Waals surface area contributed by atoms with Gasteiger partial charge in [-0.3, -0.25) is 9.59 Å². The molecule has 0 spiro atoms. The molecule has 5 nitrogen and oxygen atoms in total. The lowest BCUT2D eigenvalue weighted by molar-refractivity contribution is -0.140. The smallest absolute Gasteiger partial charge is 0.305 e. The zero-order chi connectivity index (χ0) is 15.0. The molecule has 1 rings (SSSR count). The molecule has 3 N–H and O–H groups in total. The minimum atomic E-state index is -0.255. The van der Waals surface area contributed by atoms with Gasteiger partial charge in [0, 0.05) is 25.1 Å². The number of nitrogen functional groups attached to an aromatic ring is 1. The summed E-state index contributed by atoms with van der Waals surface area (Å²) in [7, 11) is 1.36. The van der Waals surface area contributed by atoms with Gasteiger partial charge < -0.3 is 15.8 Å². The standard InChI is InChI=1S/C15H22N2O3/c1-11(12-5-7-13(16)8-6-12)10-14(18)17-9-3-4-15(19)20-2/h5-8,11H,3-4,9-10,16H2,1-2H3,(H,17,18). The lowest BCUT2D eigenvalue weighted by atomic mass is 9.97. The molecule has 0 heterocycles. The normalized spacial score (nSPS) is 11.7. The molecular formula is C15H22N2O3. The number of amides is 1. The van der Waals surface area contributed by atoms with Crippen molar-refractivity contribution in [2.24, 2.45) is 0 Å². The maximum Gasteiger partial charge on any atom is 0.305 e. The van der Waals surface area contributed by atoms with E-state index in [1.807, 2.05) is 31.2 Å². The van der Waals surface area contributed by atoms with Crippen molar-refractivity contribution < 1.29 is 14.3 Å². The van der Waals surface area contributed by atoms with Crippen molar-refractivity contribution in [3.05, 3.63) is 29.8 Å². The minimum Gasteiger partial charge on any atom is -0.469 e. The Morgan fingerprint density at radius 3 is 2.55 bits per heavy atom. The fourth-order valence-electron chi connectivity index (χ4n) is 1.86. The number of anilines is 1. The number of methoxy groups -OCH3 is 1. The van der Waals surface area contributed by atoms with Crippen molar-refractivity contribution >= 4 is 17.6 Å². The Kier molecular flexibility index (Phi) is 6.56. The number of nitrogens with one attached hydrogen (secondary N) is 1. The third-order valence-electron chi connectivity index (χ3n) is 3.10. The van der Waals surface area contributed by atoms with Crippen LogP contribution in [-0.4, -0.2) is 25.5 Å². The topological polar surface area (TPSA) is 81.4 Å². The third-order valence-corrected chi connectivity index (χ3v) is 3.10. The van der Waals surface area contributed by atoms with Crippen LogP contribution in [0.25, 0.3) is 0 Å². The van der Waals surface area contributed by atoms with Crippen LogP contribution in [0.5, 0.6) is 0 Å². The number of ether oxygens (including phenoxy) is 1. The molecule has 0 saturated heterocycles. The number of nitrogens with two attached hydrogens (primary N) is 1. The van der Waals surface area contributed by atoms with Gasteiger partial charge in [-0.15, -0.1) is 0 Å². The first-order valence-electron chi connectivity index (χ1n) is 6.72. The summed E-state index contributed by atoms with van der Waals surface area (Å²) in [6.45, 7) is 2.49. The average Bonchev–Trinajstić information content (AvgIpc) is 2.43. The molecule has 0 aliphatic rings. The second-order valence-electron chi connectivity index (χ2n) is 4.80. The van der Waals surface area contributed by atoms with Gasteiger partial charge in [0.15, 0.2) is 0 Å². The molecule has 1 amide bonds. The highest BCUT2D eigenvalue weighted by molar-refractivity contribution is 5.77. The Labute approximate surface area is 119 Å². The Bertz CT molecular complexity index is 443. The van der Waals surface area contributed by atoms with Crippen LogP contribution >= 0.6 is 0 Å². The fourth-order valence-corrected chi connectivity index (χ4v) is 1.86. The quantitative estimate of drug-likeness (QED) is 0.453. The Balaban J connectivity index is 2.28. The molecular weight excluding hydrogens is 256 g/mol. The third kappa shape index (κ3) is 5.73. The van der Waals surface area contributed by atoms with Gasteiger partial charge in [0.2, 0.25) is 5.91 Å². The molecule has 0 bridgehead atoms. The van der Waals surface area contributed by atoms with E-state index in [1.165, 1.54) is 7.11 Å². The van der Waals surface area contributed by atoms with Gasteiger partial charge in [-0.1, -0.05) is 19.1 Å².